The first-order chi connectivity index (χ1) is 7.54. The van der Waals surface area contributed by atoms with Crippen LogP contribution in [0.2, 0.25) is 0 Å². The lowest BCUT2D eigenvalue weighted by molar-refractivity contribution is -0.117. The average Bonchev–Trinajstić information content (AvgIpc) is 2.22. The molecule has 0 saturated carbocycles. The number of carbonyl (C=O) groups is 1. The molecule has 0 unspecified atom stereocenters. The molecule has 5 heteroatoms. The van der Waals surface area contributed by atoms with Crippen molar-refractivity contribution in [2.45, 2.75) is 19.9 Å². The van der Waals surface area contributed by atoms with Gasteiger partial charge in [0, 0.05) is 6.07 Å². The second-order valence-corrected chi connectivity index (χ2v) is 3.35. The molecule has 0 aliphatic carbocycles. The van der Waals surface area contributed by atoms with Crippen LogP contribution in [0.25, 0.3) is 0 Å². The molecule has 1 amide bonds. The number of rotatable bonds is 4. The van der Waals surface area contributed by atoms with E-state index in [4.69, 9.17) is 10.5 Å². The summed E-state index contributed by atoms with van der Waals surface area (Å²) < 4.78 is 18.2. The molecule has 0 fully saturated rings. The summed E-state index contributed by atoms with van der Waals surface area (Å²) in [4.78, 5) is 11.4. The third kappa shape index (κ3) is 3.20. The van der Waals surface area contributed by atoms with Crippen LogP contribution in [-0.2, 0) is 4.79 Å². The van der Waals surface area contributed by atoms with Crippen molar-refractivity contribution in [3.8, 4) is 5.75 Å². The molecule has 0 saturated heterocycles. The molecular weight excluding hydrogens is 211 g/mol. The Morgan fingerprint density at radius 3 is 2.88 bits per heavy atom. The Kier molecular flexibility index (Phi) is 4.25. The predicted octanol–water partition coefficient (Wildman–Crippen LogP) is 1.51. The Hall–Kier alpha value is -1.62. The lowest BCUT2D eigenvalue weighted by Crippen LogP contribution is -2.32. The number of hydrogen-bond acceptors (Lipinski definition) is 3. The Balaban J connectivity index is 2.90. The van der Waals surface area contributed by atoms with Crippen molar-refractivity contribution in [2.75, 3.05) is 11.9 Å². The molecule has 1 rings (SSSR count). The Labute approximate surface area is 93.6 Å². The van der Waals surface area contributed by atoms with Gasteiger partial charge >= 0.3 is 0 Å². The van der Waals surface area contributed by atoms with E-state index in [-0.39, 0.29) is 5.91 Å². The summed E-state index contributed by atoms with van der Waals surface area (Å²) in [6, 6.07) is 3.29. The van der Waals surface area contributed by atoms with Crippen LogP contribution in [0.5, 0.6) is 5.75 Å². The van der Waals surface area contributed by atoms with E-state index in [2.05, 4.69) is 5.32 Å². The molecular formula is C11H15FN2O2. The van der Waals surface area contributed by atoms with Crippen molar-refractivity contribution in [1.82, 2.24) is 0 Å². The van der Waals surface area contributed by atoms with Gasteiger partial charge in [0.05, 0.1) is 18.3 Å². The van der Waals surface area contributed by atoms with Crippen LogP contribution < -0.4 is 15.8 Å². The Morgan fingerprint density at radius 2 is 2.31 bits per heavy atom. The van der Waals surface area contributed by atoms with Crippen LogP contribution in [0.1, 0.15) is 13.8 Å². The molecule has 0 spiro atoms. The van der Waals surface area contributed by atoms with Crippen molar-refractivity contribution < 1.29 is 13.9 Å². The van der Waals surface area contributed by atoms with Crippen LogP contribution in [0.3, 0.4) is 0 Å². The molecule has 0 bridgehead atoms. The minimum Gasteiger partial charge on any atom is -0.492 e. The number of amides is 1. The number of nitrogens with two attached hydrogens (primary N) is 1. The normalized spacial score (nSPS) is 12.0. The summed E-state index contributed by atoms with van der Waals surface area (Å²) in [5.41, 5.74) is 5.83. The van der Waals surface area contributed by atoms with E-state index in [0.717, 1.165) is 0 Å². The largest absolute Gasteiger partial charge is 0.492 e. The fraction of sp³-hybridized carbons (Fsp3) is 0.364. The standard InChI is InChI=1S/C11H15FN2O2/c1-3-16-10-6-8(12)4-5-9(10)14-11(15)7(2)13/h4-7H,3,13H2,1-2H3,(H,14,15)/t7-/m0/s1. The van der Waals surface area contributed by atoms with Gasteiger partial charge in [-0.2, -0.15) is 0 Å². The minimum absolute atomic E-state index is 0.302. The fourth-order valence-electron chi connectivity index (χ4n) is 1.12. The number of carbonyl (C=O) groups excluding carboxylic acids is 1. The van der Waals surface area contributed by atoms with E-state index in [1.165, 1.54) is 18.2 Å². The zero-order valence-electron chi connectivity index (χ0n) is 9.29. The maximum Gasteiger partial charge on any atom is 0.241 e. The first-order valence-corrected chi connectivity index (χ1v) is 5.03. The zero-order valence-corrected chi connectivity index (χ0v) is 9.29. The molecule has 4 nitrogen and oxygen atoms in total. The van der Waals surface area contributed by atoms with Gasteiger partial charge in [0.25, 0.3) is 0 Å². The van der Waals surface area contributed by atoms with Gasteiger partial charge in [-0.1, -0.05) is 0 Å². The number of anilines is 1. The van der Waals surface area contributed by atoms with Crippen molar-refractivity contribution in [3.05, 3.63) is 24.0 Å². The van der Waals surface area contributed by atoms with Gasteiger partial charge in [0.2, 0.25) is 5.91 Å². The van der Waals surface area contributed by atoms with Crippen molar-refractivity contribution >= 4 is 11.6 Å². The highest BCUT2D eigenvalue weighted by molar-refractivity contribution is 5.95. The number of nitrogens with one attached hydrogen (secondary N) is 1. The molecule has 0 aliphatic heterocycles. The first kappa shape index (κ1) is 12.4. The van der Waals surface area contributed by atoms with Crippen LogP contribution in [-0.4, -0.2) is 18.6 Å². The van der Waals surface area contributed by atoms with Gasteiger partial charge < -0.3 is 15.8 Å². The summed E-state index contributed by atoms with van der Waals surface area (Å²) in [5.74, 6) is -0.452. The second kappa shape index (κ2) is 5.46. The van der Waals surface area contributed by atoms with E-state index in [1.54, 1.807) is 13.8 Å². The zero-order chi connectivity index (χ0) is 12.1. The highest BCUT2D eigenvalue weighted by Crippen LogP contribution is 2.25. The third-order valence-electron chi connectivity index (χ3n) is 1.91. The van der Waals surface area contributed by atoms with E-state index in [1.807, 2.05) is 0 Å². The summed E-state index contributed by atoms with van der Waals surface area (Å²) in [7, 11) is 0. The van der Waals surface area contributed by atoms with Gasteiger partial charge in [-0.05, 0) is 26.0 Å². The summed E-state index contributed by atoms with van der Waals surface area (Å²) in [6.07, 6.45) is 0. The smallest absolute Gasteiger partial charge is 0.241 e. The van der Waals surface area contributed by atoms with E-state index < -0.39 is 11.9 Å². The fourth-order valence-corrected chi connectivity index (χ4v) is 1.12. The molecule has 88 valence electrons. The molecule has 16 heavy (non-hydrogen) atoms. The van der Waals surface area contributed by atoms with Crippen LogP contribution in [0, 0.1) is 5.82 Å². The van der Waals surface area contributed by atoms with Crippen molar-refractivity contribution in [2.24, 2.45) is 5.73 Å². The Bertz CT molecular complexity index is 380. The highest BCUT2D eigenvalue weighted by Gasteiger charge is 2.11. The number of ether oxygens (including phenoxy) is 1. The topological polar surface area (TPSA) is 64.3 Å². The minimum atomic E-state index is -0.625. The monoisotopic (exact) mass is 226 g/mol. The quantitative estimate of drug-likeness (QED) is 0.817. The lowest BCUT2D eigenvalue weighted by Gasteiger charge is -2.12. The van der Waals surface area contributed by atoms with Crippen molar-refractivity contribution in [1.29, 1.82) is 0 Å². The number of hydrogen-bond donors (Lipinski definition) is 2. The number of benzene rings is 1. The molecule has 0 radical (unpaired) electrons. The van der Waals surface area contributed by atoms with Gasteiger partial charge in [-0.25, -0.2) is 4.39 Å². The van der Waals surface area contributed by atoms with Crippen LogP contribution in [0.15, 0.2) is 18.2 Å². The molecule has 1 atom stereocenters. The maximum absolute atomic E-state index is 12.9. The molecule has 0 heterocycles. The molecule has 0 aromatic heterocycles. The van der Waals surface area contributed by atoms with Gasteiger partial charge in [0.15, 0.2) is 0 Å². The van der Waals surface area contributed by atoms with E-state index in [9.17, 15) is 9.18 Å². The molecule has 3 N–H and O–H groups in total. The second-order valence-electron chi connectivity index (χ2n) is 3.35. The van der Waals surface area contributed by atoms with Gasteiger partial charge in [-0.15, -0.1) is 0 Å². The molecule has 0 aliphatic rings. The predicted molar refractivity (Wildman–Crippen MR) is 59.8 cm³/mol. The van der Waals surface area contributed by atoms with E-state index in [0.29, 0.717) is 18.0 Å². The van der Waals surface area contributed by atoms with Gasteiger partial charge in [-0.3, -0.25) is 4.79 Å². The summed E-state index contributed by atoms with van der Waals surface area (Å²) in [5, 5.41) is 2.57. The Morgan fingerprint density at radius 1 is 1.62 bits per heavy atom. The molecule has 1 aromatic carbocycles. The van der Waals surface area contributed by atoms with Crippen LogP contribution >= 0.6 is 0 Å². The lowest BCUT2D eigenvalue weighted by atomic mass is 10.2. The summed E-state index contributed by atoms with van der Waals surface area (Å²) in [6.45, 7) is 3.74. The van der Waals surface area contributed by atoms with Crippen LogP contribution in [0.4, 0.5) is 10.1 Å². The SMILES string of the molecule is CCOc1cc(F)ccc1NC(=O)[C@H](C)N. The first-order valence-electron chi connectivity index (χ1n) is 5.03. The molecule has 1 aromatic rings. The highest BCUT2D eigenvalue weighted by atomic mass is 19.1. The summed E-state index contributed by atoms with van der Waals surface area (Å²) >= 11 is 0. The average molecular weight is 226 g/mol. The third-order valence-corrected chi connectivity index (χ3v) is 1.91. The van der Waals surface area contributed by atoms with E-state index >= 15 is 0 Å². The number of halogens is 1. The van der Waals surface area contributed by atoms with Gasteiger partial charge in [0.1, 0.15) is 11.6 Å². The van der Waals surface area contributed by atoms with Crippen molar-refractivity contribution in [3.63, 3.8) is 0 Å². The maximum atomic E-state index is 12.9.